The zero-order chi connectivity index (χ0) is 20.2. The first-order valence-electron chi connectivity index (χ1n) is 9.76. The van der Waals surface area contributed by atoms with Crippen LogP contribution in [0.4, 0.5) is 5.82 Å². The molecule has 8 nitrogen and oxygen atoms in total. The van der Waals surface area contributed by atoms with Gasteiger partial charge in [-0.05, 0) is 31.4 Å². The number of halogens is 1. The number of hydrogen-bond acceptors (Lipinski definition) is 5. The molecule has 3 aromatic rings. The van der Waals surface area contributed by atoms with Crippen LogP contribution in [0.25, 0.3) is 10.9 Å². The number of carbonyl (C=O) groups excluding carboxylic acids is 1. The molecule has 0 radical (unpaired) electrons. The summed E-state index contributed by atoms with van der Waals surface area (Å²) in [5.41, 5.74) is 7.57. The van der Waals surface area contributed by atoms with Gasteiger partial charge in [-0.2, -0.15) is 0 Å². The van der Waals surface area contributed by atoms with Gasteiger partial charge in [-0.1, -0.05) is 24.4 Å². The molecule has 1 atom stereocenters. The molecule has 29 heavy (non-hydrogen) atoms. The van der Waals surface area contributed by atoms with Crippen LogP contribution in [0.2, 0.25) is 5.15 Å². The highest BCUT2D eigenvalue weighted by atomic mass is 35.5. The molecular formula is C20H21ClN6O2. The van der Waals surface area contributed by atoms with Crippen LogP contribution in [0.1, 0.15) is 49.5 Å². The molecule has 3 aromatic heterocycles. The molecule has 1 spiro atoms. The molecule has 4 N–H and O–H groups in total. The van der Waals surface area contributed by atoms with Crippen LogP contribution in [-0.4, -0.2) is 25.4 Å². The minimum absolute atomic E-state index is 0.172. The molecule has 1 amide bonds. The molecule has 150 valence electrons. The largest absolute Gasteiger partial charge is 0.379 e. The third kappa shape index (κ3) is 2.81. The first-order chi connectivity index (χ1) is 14.0. The average Bonchev–Trinajstić information content (AvgIpc) is 3.42. The number of nitrogens with zero attached hydrogens (tertiary/aromatic N) is 3. The standard InChI is InChI=1S/C20H21ClN6O2/c21-16-15-20(4-1-2-5-20)8-14(27(15)19(29)17(22)26-16)18(28)24-10-12-7-11-9-23-6-3-13(11)25-12/h3,6-7,9,14,25H,1-2,4-5,8,10H2,(H2,22,26)(H,24,28)/t14-/m0/s1. The highest BCUT2D eigenvalue weighted by Gasteiger charge is 2.50. The second-order valence-corrected chi connectivity index (χ2v) is 8.35. The zero-order valence-electron chi connectivity index (χ0n) is 15.7. The lowest BCUT2D eigenvalue weighted by Gasteiger charge is -2.23. The molecule has 1 saturated carbocycles. The Labute approximate surface area is 171 Å². The van der Waals surface area contributed by atoms with Crippen LogP contribution in [0, 0.1) is 0 Å². The van der Waals surface area contributed by atoms with E-state index in [0.717, 1.165) is 42.3 Å². The van der Waals surface area contributed by atoms with Crippen LogP contribution in [0.15, 0.2) is 29.3 Å². The summed E-state index contributed by atoms with van der Waals surface area (Å²) < 4.78 is 1.49. The SMILES string of the molecule is Nc1nc(Cl)c2n(c1=O)[C@H](C(=O)NCc1cc3cnccc3[nH]1)CC21CCCC1. The van der Waals surface area contributed by atoms with Crippen molar-refractivity contribution in [2.45, 2.75) is 50.1 Å². The van der Waals surface area contributed by atoms with Gasteiger partial charge < -0.3 is 16.0 Å². The van der Waals surface area contributed by atoms with Crippen molar-refractivity contribution in [1.82, 2.24) is 24.8 Å². The lowest BCUT2D eigenvalue weighted by molar-refractivity contribution is -0.124. The van der Waals surface area contributed by atoms with Crippen LogP contribution in [0.5, 0.6) is 0 Å². The Morgan fingerprint density at radius 3 is 2.97 bits per heavy atom. The Bertz CT molecular complexity index is 1140. The molecule has 1 aliphatic heterocycles. The molecule has 2 aliphatic rings. The van der Waals surface area contributed by atoms with Crippen molar-refractivity contribution >= 4 is 34.2 Å². The minimum Gasteiger partial charge on any atom is -0.379 e. The van der Waals surface area contributed by atoms with Crippen LogP contribution >= 0.6 is 11.6 Å². The molecule has 1 aliphatic carbocycles. The van der Waals surface area contributed by atoms with E-state index in [1.807, 2.05) is 12.1 Å². The zero-order valence-corrected chi connectivity index (χ0v) is 16.5. The number of rotatable bonds is 3. The van der Waals surface area contributed by atoms with Crippen LogP contribution in [-0.2, 0) is 16.8 Å². The van der Waals surface area contributed by atoms with E-state index in [-0.39, 0.29) is 22.3 Å². The number of nitrogen functional groups attached to an aromatic ring is 1. The third-order valence-corrected chi connectivity index (χ3v) is 6.55. The van der Waals surface area contributed by atoms with Crippen molar-refractivity contribution in [3.63, 3.8) is 0 Å². The fourth-order valence-corrected chi connectivity index (χ4v) is 5.37. The number of pyridine rings is 1. The molecule has 0 aromatic carbocycles. The van der Waals surface area contributed by atoms with Gasteiger partial charge in [0.15, 0.2) is 11.0 Å². The van der Waals surface area contributed by atoms with Gasteiger partial charge in [0, 0.05) is 34.4 Å². The minimum atomic E-state index is -0.635. The number of carbonyl (C=O) groups is 1. The van der Waals surface area contributed by atoms with E-state index >= 15 is 0 Å². The van der Waals surface area contributed by atoms with Crippen molar-refractivity contribution in [3.05, 3.63) is 51.4 Å². The number of hydrogen-bond donors (Lipinski definition) is 3. The van der Waals surface area contributed by atoms with Gasteiger partial charge in [-0.3, -0.25) is 19.1 Å². The maximum atomic E-state index is 13.1. The number of aromatic nitrogens is 4. The Kier molecular flexibility index (Phi) is 4.13. The molecule has 1 fully saturated rings. The highest BCUT2D eigenvalue weighted by molar-refractivity contribution is 6.30. The van der Waals surface area contributed by atoms with Gasteiger partial charge in [0.05, 0.1) is 12.2 Å². The first kappa shape index (κ1) is 18.2. The van der Waals surface area contributed by atoms with E-state index in [1.54, 1.807) is 12.4 Å². The third-order valence-electron chi connectivity index (χ3n) is 6.28. The fourth-order valence-electron chi connectivity index (χ4n) is 4.99. The van der Waals surface area contributed by atoms with Gasteiger partial charge in [0.1, 0.15) is 6.04 Å². The van der Waals surface area contributed by atoms with Crippen molar-refractivity contribution in [2.24, 2.45) is 0 Å². The molecule has 0 bridgehead atoms. The summed E-state index contributed by atoms with van der Waals surface area (Å²) in [6, 6.07) is 3.20. The number of H-pyrrole nitrogens is 1. The number of fused-ring (bicyclic) bond motifs is 3. The van der Waals surface area contributed by atoms with E-state index in [2.05, 4.69) is 20.3 Å². The summed E-state index contributed by atoms with van der Waals surface area (Å²) in [4.78, 5) is 37.3. The van der Waals surface area contributed by atoms with Gasteiger partial charge in [0.2, 0.25) is 5.91 Å². The second kappa shape index (κ2) is 6.59. The normalized spacial score (nSPS) is 19.7. The van der Waals surface area contributed by atoms with Gasteiger partial charge >= 0.3 is 0 Å². The van der Waals surface area contributed by atoms with Crippen molar-refractivity contribution < 1.29 is 4.79 Å². The number of aromatic amines is 1. The highest BCUT2D eigenvalue weighted by Crippen LogP contribution is 2.52. The summed E-state index contributed by atoms with van der Waals surface area (Å²) in [6.45, 7) is 0.329. The molecule has 0 unspecified atom stereocenters. The summed E-state index contributed by atoms with van der Waals surface area (Å²) in [6.07, 6.45) is 7.93. The van der Waals surface area contributed by atoms with E-state index < -0.39 is 11.6 Å². The lowest BCUT2D eigenvalue weighted by Crippen LogP contribution is -2.36. The number of nitrogens with two attached hydrogens (primary N) is 1. The van der Waals surface area contributed by atoms with E-state index in [9.17, 15) is 9.59 Å². The monoisotopic (exact) mass is 412 g/mol. The van der Waals surface area contributed by atoms with Crippen molar-refractivity contribution in [3.8, 4) is 0 Å². The average molecular weight is 413 g/mol. The molecular weight excluding hydrogens is 392 g/mol. The van der Waals surface area contributed by atoms with Gasteiger partial charge in [-0.25, -0.2) is 4.98 Å². The topological polar surface area (TPSA) is 119 Å². The first-order valence-corrected chi connectivity index (χ1v) is 10.1. The number of amides is 1. The lowest BCUT2D eigenvalue weighted by atomic mass is 9.80. The molecule has 4 heterocycles. The second-order valence-electron chi connectivity index (χ2n) is 7.99. The summed E-state index contributed by atoms with van der Waals surface area (Å²) in [5, 5.41) is 4.18. The van der Waals surface area contributed by atoms with Gasteiger partial charge in [-0.15, -0.1) is 0 Å². The smallest absolute Gasteiger partial charge is 0.294 e. The maximum absolute atomic E-state index is 13.1. The number of anilines is 1. The van der Waals surface area contributed by atoms with Crippen LogP contribution < -0.4 is 16.6 Å². The Morgan fingerprint density at radius 1 is 1.41 bits per heavy atom. The predicted octanol–water partition coefficient (Wildman–Crippen LogP) is 2.43. The Morgan fingerprint density at radius 2 is 2.21 bits per heavy atom. The van der Waals surface area contributed by atoms with E-state index in [0.29, 0.717) is 18.7 Å². The summed E-state index contributed by atoms with van der Waals surface area (Å²) >= 11 is 6.41. The number of nitrogens with one attached hydrogen (secondary N) is 2. The Balaban J connectivity index is 1.45. The van der Waals surface area contributed by atoms with E-state index in [4.69, 9.17) is 17.3 Å². The molecule has 5 rings (SSSR count). The fraction of sp³-hybridized carbons (Fsp3) is 0.400. The molecule has 9 heteroatoms. The van der Waals surface area contributed by atoms with E-state index in [1.165, 1.54) is 4.57 Å². The van der Waals surface area contributed by atoms with Crippen molar-refractivity contribution in [1.29, 1.82) is 0 Å². The summed E-state index contributed by atoms with van der Waals surface area (Å²) in [5.74, 6) is -0.384. The predicted molar refractivity (Wildman–Crippen MR) is 110 cm³/mol. The van der Waals surface area contributed by atoms with Crippen molar-refractivity contribution in [2.75, 3.05) is 5.73 Å². The summed E-state index contributed by atoms with van der Waals surface area (Å²) in [7, 11) is 0. The van der Waals surface area contributed by atoms with Crippen LogP contribution in [0.3, 0.4) is 0 Å². The Hall–Kier alpha value is -2.87. The maximum Gasteiger partial charge on any atom is 0.294 e. The van der Waals surface area contributed by atoms with Gasteiger partial charge in [0.25, 0.3) is 5.56 Å². The quantitative estimate of drug-likeness (QED) is 0.610. The molecule has 0 saturated heterocycles.